The Labute approximate surface area is 180 Å². The van der Waals surface area contributed by atoms with Crippen LogP contribution in [-0.2, 0) is 11.0 Å². The normalized spacial score (nSPS) is 11.1. The van der Waals surface area contributed by atoms with Gasteiger partial charge in [-0.3, -0.25) is 4.79 Å². The molecule has 0 atom stereocenters. The summed E-state index contributed by atoms with van der Waals surface area (Å²) < 4.78 is 67.2. The molecule has 0 aliphatic rings. The van der Waals surface area contributed by atoms with Gasteiger partial charge in [-0.15, -0.1) is 0 Å². The molecule has 1 amide bonds. The van der Waals surface area contributed by atoms with E-state index in [9.17, 15) is 22.4 Å². The van der Waals surface area contributed by atoms with Gasteiger partial charge in [0.25, 0.3) is 5.91 Å². The molecule has 0 radical (unpaired) electrons. The molecular formula is C21H17F4N3O4. The second-order valence-electron chi connectivity index (χ2n) is 6.33. The van der Waals surface area contributed by atoms with Crippen molar-refractivity contribution < 1.29 is 36.6 Å². The molecule has 1 N–H and O–H groups in total. The third-order valence-corrected chi connectivity index (χ3v) is 4.20. The number of nitrogens with one attached hydrogen (secondary N) is 1. The van der Waals surface area contributed by atoms with Crippen molar-refractivity contribution in [2.75, 3.05) is 26.1 Å². The number of alkyl halides is 3. The highest BCUT2D eigenvalue weighted by Crippen LogP contribution is 2.33. The predicted molar refractivity (Wildman–Crippen MR) is 106 cm³/mol. The lowest BCUT2D eigenvalue weighted by molar-refractivity contribution is -0.140. The number of carbonyl (C=O) groups excluding carboxylic acids is 1. The second-order valence-corrected chi connectivity index (χ2v) is 6.33. The van der Waals surface area contributed by atoms with Crippen LogP contribution >= 0.6 is 0 Å². The van der Waals surface area contributed by atoms with Crippen LogP contribution in [0.2, 0.25) is 0 Å². The molecule has 0 aliphatic carbocycles. The molecule has 0 spiro atoms. The Morgan fingerprint density at radius 1 is 1.06 bits per heavy atom. The molecule has 32 heavy (non-hydrogen) atoms. The molecule has 168 valence electrons. The first kappa shape index (κ1) is 22.8. The number of carbonyl (C=O) groups is 1. The summed E-state index contributed by atoms with van der Waals surface area (Å²) in [7, 11) is 2.89. The maximum Gasteiger partial charge on any atom is 0.419 e. The lowest BCUT2D eigenvalue weighted by Gasteiger charge is -2.12. The lowest BCUT2D eigenvalue weighted by atomic mass is 10.1. The van der Waals surface area contributed by atoms with Gasteiger partial charge in [0.15, 0.2) is 6.61 Å². The van der Waals surface area contributed by atoms with Crippen molar-refractivity contribution in [1.29, 1.82) is 0 Å². The summed E-state index contributed by atoms with van der Waals surface area (Å²) in [6.45, 7) is -0.465. The highest BCUT2D eigenvalue weighted by molar-refractivity contribution is 5.92. The van der Waals surface area contributed by atoms with Gasteiger partial charge >= 0.3 is 12.2 Å². The van der Waals surface area contributed by atoms with E-state index in [1.807, 2.05) is 0 Å². The monoisotopic (exact) mass is 451 g/mol. The Morgan fingerprint density at radius 3 is 2.41 bits per heavy atom. The van der Waals surface area contributed by atoms with Crippen molar-refractivity contribution >= 4 is 11.6 Å². The number of hydrogen-bond acceptors (Lipinski definition) is 6. The van der Waals surface area contributed by atoms with Crippen LogP contribution < -0.4 is 19.5 Å². The van der Waals surface area contributed by atoms with Crippen molar-refractivity contribution in [3.05, 3.63) is 60.0 Å². The quantitative estimate of drug-likeness (QED) is 0.539. The number of anilines is 1. The van der Waals surface area contributed by atoms with Crippen molar-refractivity contribution in [1.82, 2.24) is 9.97 Å². The maximum atomic E-state index is 13.3. The molecule has 0 fully saturated rings. The molecule has 11 heteroatoms. The summed E-state index contributed by atoms with van der Waals surface area (Å²) in [5.41, 5.74) is -0.347. The fourth-order valence-corrected chi connectivity index (χ4v) is 2.70. The Kier molecular flexibility index (Phi) is 6.76. The molecule has 0 aliphatic heterocycles. The molecule has 7 nitrogen and oxygen atoms in total. The van der Waals surface area contributed by atoms with Crippen LogP contribution in [0.5, 0.6) is 17.6 Å². The Balaban J connectivity index is 1.63. The molecule has 0 bridgehead atoms. The first-order chi connectivity index (χ1) is 15.2. The molecule has 0 saturated heterocycles. The van der Waals surface area contributed by atoms with Gasteiger partial charge in [0.1, 0.15) is 11.6 Å². The van der Waals surface area contributed by atoms with Gasteiger partial charge in [-0.2, -0.15) is 18.2 Å². The third kappa shape index (κ3) is 5.42. The van der Waals surface area contributed by atoms with Crippen LogP contribution in [0.25, 0.3) is 11.1 Å². The van der Waals surface area contributed by atoms with Gasteiger partial charge in [-0.1, -0.05) is 12.1 Å². The summed E-state index contributed by atoms with van der Waals surface area (Å²) in [5, 5.41) is 2.24. The number of rotatable bonds is 7. The number of methoxy groups -OCH3 is 2. The number of ether oxygens (including phenoxy) is 3. The van der Waals surface area contributed by atoms with Gasteiger partial charge in [-0.05, 0) is 35.9 Å². The Hall–Kier alpha value is -3.89. The van der Waals surface area contributed by atoms with E-state index < -0.39 is 30.1 Å². The van der Waals surface area contributed by atoms with Crippen molar-refractivity contribution in [2.45, 2.75) is 6.18 Å². The van der Waals surface area contributed by atoms with Gasteiger partial charge in [0.05, 0.1) is 25.3 Å². The van der Waals surface area contributed by atoms with Crippen molar-refractivity contribution in [3.63, 3.8) is 0 Å². The van der Waals surface area contributed by atoms with Crippen molar-refractivity contribution in [2.24, 2.45) is 0 Å². The Bertz CT molecular complexity index is 1110. The average Bonchev–Trinajstić information content (AvgIpc) is 2.78. The van der Waals surface area contributed by atoms with Crippen LogP contribution in [0.15, 0.2) is 48.7 Å². The summed E-state index contributed by atoms with van der Waals surface area (Å²) in [6, 6.07) is 8.90. The minimum absolute atomic E-state index is 0.153. The number of amides is 1. The van der Waals surface area contributed by atoms with Crippen LogP contribution in [0.4, 0.5) is 23.2 Å². The Morgan fingerprint density at radius 2 is 1.78 bits per heavy atom. The predicted octanol–water partition coefficient (Wildman–Crippen LogP) is 4.34. The van der Waals surface area contributed by atoms with Gasteiger partial charge < -0.3 is 19.5 Å². The fraction of sp³-hybridized carbons (Fsp3) is 0.190. The zero-order chi connectivity index (χ0) is 23.3. The lowest BCUT2D eigenvalue weighted by Crippen LogP contribution is -2.20. The number of hydrogen-bond donors (Lipinski definition) is 1. The fourth-order valence-electron chi connectivity index (χ4n) is 2.70. The standard InChI is InChI=1S/C21H17F4N3O4/c1-30-19-15(10-26-20(28-19)31-2)12-3-6-14(7-4-12)32-11-18(29)27-13-5-8-17(22)16(9-13)21(23,24)25/h3-10H,11H2,1-2H3,(H,27,29). The zero-order valence-electron chi connectivity index (χ0n) is 16.9. The van der Waals surface area contributed by atoms with E-state index in [1.54, 1.807) is 24.3 Å². The van der Waals surface area contributed by atoms with Crippen molar-refractivity contribution in [3.8, 4) is 28.8 Å². The molecule has 2 aromatic carbocycles. The largest absolute Gasteiger partial charge is 0.484 e. The first-order valence-corrected chi connectivity index (χ1v) is 9.06. The van der Waals surface area contributed by atoms with E-state index in [0.717, 1.165) is 6.07 Å². The van der Waals surface area contributed by atoms with Crippen LogP contribution in [0, 0.1) is 5.82 Å². The minimum Gasteiger partial charge on any atom is -0.484 e. The smallest absolute Gasteiger partial charge is 0.419 e. The van der Waals surface area contributed by atoms with E-state index in [-0.39, 0.29) is 11.7 Å². The van der Waals surface area contributed by atoms with Gasteiger partial charge in [0.2, 0.25) is 5.88 Å². The first-order valence-electron chi connectivity index (χ1n) is 9.06. The SMILES string of the molecule is COc1ncc(-c2ccc(OCC(=O)Nc3ccc(F)c(C(F)(F)F)c3)cc2)c(OC)n1. The summed E-state index contributed by atoms with van der Waals surface area (Å²) in [4.78, 5) is 20.1. The molecule has 0 unspecified atom stereocenters. The van der Waals surface area contributed by atoms with Gasteiger partial charge in [0, 0.05) is 11.9 Å². The number of halogens is 4. The van der Waals surface area contributed by atoms with E-state index in [4.69, 9.17) is 14.2 Å². The second kappa shape index (κ2) is 9.50. The van der Waals surface area contributed by atoms with Crippen LogP contribution in [-0.4, -0.2) is 36.7 Å². The summed E-state index contributed by atoms with van der Waals surface area (Å²) in [5.74, 6) is -1.49. The molecular weight excluding hydrogens is 434 g/mol. The molecule has 1 heterocycles. The third-order valence-electron chi connectivity index (χ3n) is 4.20. The average molecular weight is 451 g/mol. The zero-order valence-corrected chi connectivity index (χ0v) is 16.9. The van der Waals surface area contributed by atoms with E-state index in [0.29, 0.717) is 34.9 Å². The highest BCUT2D eigenvalue weighted by atomic mass is 19.4. The molecule has 1 aromatic heterocycles. The van der Waals surface area contributed by atoms with E-state index in [1.165, 1.54) is 20.4 Å². The topological polar surface area (TPSA) is 82.6 Å². The maximum absolute atomic E-state index is 13.3. The summed E-state index contributed by atoms with van der Waals surface area (Å²) >= 11 is 0. The molecule has 0 saturated carbocycles. The minimum atomic E-state index is -4.87. The molecule has 3 rings (SSSR count). The summed E-state index contributed by atoms with van der Waals surface area (Å²) in [6.07, 6.45) is -3.34. The molecule has 3 aromatic rings. The highest BCUT2D eigenvalue weighted by Gasteiger charge is 2.34. The van der Waals surface area contributed by atoms with Crippen LogP contribution in [0.1, 0.15) is 5.56 Å². The number of nitrogens with zero attached hydrogens (tertiary/aromatic N) is 2. The van der Waals surface area contributed by atoms with Gasteiger partial charge in [-0.25, -0.2) is 9.37 Å². The van der Waals surface area contributed by atoms with E-state index >= 15 is 0 Å². The van der Waals surface area contributed by atoms with E-state index in [2.05, 4.69) is 15.3 Å². The van der Waals surface area contributed by atoms with Crippen LogP contribution in [0.3, 0.4) is 0 Å². The number of aromatic nitrogens is 2. The number of benzene rings is 2.